The number of aromatic nitrogens is 2. The Morgan fingerprint density at radius 1 is 1.18 bits per heavy atom. The van der Waals surface area contributed by atoms with Crippen LogP contribution in [0.15, 0.2) is 42.6 Å². The fourth-order valence-corrected chi connectivity index (χ4v) is 2.97. The molecule has 2 aromatic heterocycles. The van der Waals surface area contributed by atoms with Crippen molar-refractivity contribution in [1.29, 1.82) is 0 Å². The highest BCUT2D eigenvalue weighted by Crippen LogP contribution is 2.37. The summed E-state index contributed by atoms with van der Waals surface area (Å²) < 4.78 is 8.15. The fraction of sp³-hybridized carbons (Fsp3) is 0.222. The SMILES string of the molecule is Cc1nc2c3c(ccn2c1C)C(=O)CC(c1ccccc1)O3. The van der Waals surface area contributed by atoms with Gasteiger partial charge in [0.05, 0.1) is 17.7 Å². The van der Waals surface area contributed by atoms with E-state index in [1.54, 1.807) is 0 Å². The highest BCUT2D eigenvalue weighted by atomic mass is 16.5. The Balaban J connectivity index is 1.88. The number of imidazole rings is 1. The number of rotatable bonds is 1. The van der Waals surface area contributed by atoms with Crippen LogP contribution in [0.25, 0.3) is 5.65 Å². The number of carbonyl (C=O) groups excluding carboxylic acids is 1. The van der Waals surface area contributed by atoms with Gasteiger partial charge in [0.1, 0.15) is 6.10 Å². The zero-order valence-corrected chi connectivity index (χ0v) is 12.5. The van der Waals surface area contributed by atoms with Crippen molar-refractivity contribution in [3.05, 3.63) is 65.1 Å². The van der Waals surface area contributed by atoms with Crippen LogP contribution in [0.2, 0.25) is 0 Å². The largest absolute Gasteiger partial charge is 0.481 e. The molecular formula is C18H16N2O2. The van der Waals surface area contributed by atoms with Crippen molar-refractivity contribution in [2.45, 2.75) is 26.4 Å². The van der Waals surface area contributed by atoms with E-state index in [0.717, 1.165) is 22.6 Å². The normalized spacial score (nSPS) is 17.4. The average Bonchev–Trinajstić information content (AvgIpc) is 2.84. The molecule has 1 unspecified atom stereocenters. The van der Waals surface area contributed by atoms with Gasteiger partial charge in [-0.3, -0.25) is 4.79 Å². The highest BCUT2D eigenvalue weighted by molar-refractivity contribution is 6.01. The summed E-state index contributed by atoms with van der Waals surface area (Å²) >= 11 is 0. The summed E-state index contributed by atoms with van der Waals surface area (Å²) in [4.78, 5) is 17.1. The van der Waals surface area contributed by atoms with Gasteiger partial charge in [0.15, 0.2) is 17.2 Å². The molecule has 0 N–H and O–H groups in total. The predicted molar refractivity (Wildman–Crippen MR) is 83.4 cm³/mol. The van der Waals surface area contributed by atoms with Gasteiger partial charge < -0.3 is 9.14 Å². The van der Waals surface area contributed by atoms with Gasteiger partial charge in [-0.25, -0.2) is 4.98 Å². The van der Waals surface area contributed by atoms with Gasteiger partial charge in [-0.1, -0.05) is 30.3 Å². The van der Waals surface area contributed by atoms with Crippen molar-refractivity contribution in [2.75, 3.05) is 0 Å². The molecule has 1 atom stereocenters. The quantitative estimate of drug-likeness (QED) is 0.687. The number of pyridine rings is 1. The van der Waals surface area contributed by atoms with Gasteiger partial charge in [-0.15, -0.1) is 0 Å². The van der Waals surface area contributed by atoms with Gasteiger partial charge in [-0.05, 0) is 25.5 Å². The molecule has 0 aliphatic carbocycles. The first-order valence-electron chi connectivity index (χ1n) is 7.38. The molecule has 22 heavy (non-hydrogen) atoms. The second-order valence-corrected chi connectivity index (χ2v) is 5.68. The van der Waals surface area contributed by atoms with Crippen molar-refractivity contribution in [2.24, 2.45) is 0 Å². The summed E-state index contributed by atoms with van der Waals surface area (Å²) in [5, 5.41) is 0. The lowest BCUT2D eigenvalue weighted by Gasteiger charge is -2.25. The van der Waals surface area contributed by atoms with E-state index in [-0.39, 0.29) is 11.9 Å². The fourth-order valence-electron chi connectivity index (χ4n) is 2.97. The molecule has 3 heterocycles. The highest BCUT2D eigenvalue weighted by Gasteiger charge is 2.30. The summed E-state index contributed by atoms with van der Waals surface area (Å²) in [7, 11) is 0. The number of ether oxygens (including phenoxy) is 1. The maximum Gasteiger partial charge on any atom is 0.180 e. The molecule has 0 bridgehead atoms. The lowest BCUT2D eigenvalue weighted by atomic mass is 9.97. The topological polar surface area (TPSA) is 43.6 Å². The molecule has 4 nitrogen and oxygen atoms in total. The maximum atomic E-state index is 12.5. The maximum absolute atomic E-state index is 12.5. The number of fused-ring (bicyclic) bond motifs is 3. The summed E-state index contributed by atoms with van der Waals surface area (Å²) in [6.07, 6.45) is 2.02. The second-order valence-electron chi connectivity index (χ2n) is 5.68. The molecule has 0 amide bonds. The lowest BCUT2D eigenvalue weighted by Crippen LogP contribution is -2.21. The molecule has 1 aliphatic rings. The van der Waals surface area contributed by atoms with Crippen LogP contribution >= 0.6 is 0 Å². The van der Waals surface area contributed by atoms with E-state index in [4.69, 9.17) is 4.74 Å². The Kier molecular flexibility index (Phi) is 2.79. The van der Waals surface area contributed by atoms with E-state index >= 15 is 0 Å². The van der Waals surface area contributed by atoms with Crippen LogP contribution in [0.4, 0.5) is 0 Å². The number of hydrogen-bond donors (Lipinski definition) is 0. The standard InChI is InChI=1S/C18H16N2O2/c1-11-12(2)20-9-8-14-15(21)10-16(13-6-4-3-5-7-13)22-17(14)18(20)19-11/h3-9,16H,10H2,1-2H3. The summed E-state index contributed by atoms with van der Waals surface area (Å²) in [6.45, 7) is 3.98. The number of carbonyl (C=O) groups is 1. The zero-order chi connectivity index (χ0) is 15.3. The van der Waals surface area contributed by atoms with E-state index in [1.165, 1.54) is 0 Å². The minimum Gasteiger partial charge on any atom is -0.481 e. The Morgan fingerprint density at radius 3 is 2.73 bits per heavy atom. The lowest BCUT2D eigenvalue weighted by molar-refractivity contribution is 0.0852. The molecule has 0 fully saturated rings. The van der Waals surface area contributed by atoms with Gasteiger partial charge in [0.2, 0.25) is 0 Å². The number of Topliss-reactive ketones (excluding diaryl/α,β-unsaturated/α-hetero) is 1. The van der Waals surface area contributed by atoms with Crippen LogP contribution in [0, 0.1) is 13.8 Å². The number of ketones is 1. The predicted octanol–water partition coefficient (Wildman–Crippen LogP) is 3.66. The molecule has 110 valence electrons. The van der Waals surface area contributed by atoms with Crippen LogP contribution in [0.5, 0.6) is 5.75 Å². The van der Waals surface area contributed by atoms with Crippen molar-refractivity contribution >= 4 is 11.4 Å². The Bertz CT molecular complexity index is 881. The minimum atomic E-state index is -0.246. The van der Waals surface area contributed by atoms with E-state index < -0.39 is 0 Å². The molecule has 4 heteroatoms. The molecule has 1 aliphatic heterocycles. The Morgan fingerprint density at radius 2 is 1.95 bits per heavy atom. The van der Waals surface area contributed by atoms with E-state index in [0.29, 0.717) is 17.7 Å². The number of hydrogen-bond acceptors (Lipinski definition) is 3. The van der Waals surface area contributed by atoms with Crippen LogP contribution in [-0.2, 0) is 0 Å². The summed E-state index contributed by atoms with van der Waals surface area (Å²) in [6, 6.07) is 11.7. The van der Waals surface area contributed by atoms with Crippen LogP contribution in [-0.4, -0.2) is 15.2 Å². The average molecular weight is 292 g/mol. The van der Waals surface area contributed by atoms with E-state index in [9.17, 15) is 4.79 Å². The Hall–Kier alpha value is -2.62. The number of aryl methyl sites for hydroxylation is 2. The second kappa shape index (κ2) is 4.70. The first-order valence-corrected chi connectivity index (χ1v) is 7.38. The van der Waals surface area contributed by atoms with Gasteiger partial charge in [0, 0.05) is 11.9 Å². The number of benzene rings is 1. The third kappa shape index (κ3) is 1.84. The number of nitrogens with zero attached hydrogens (tertiary/aromatic N) is 2. The molecule has 4 rings (SSSR count). The van der Waals surface area contributed by atoms with Crippen molar-refractivity contribution < 1.29 is 9.53 Å². The van der Waals surface area contributed by atoms with Gasteiger partial charge in [-0.2, -0.15) is 0 Å². The van der Waals surface area contributed by atoms with Gasteiger partial charge >= 0.3 is 0 Å². The third-order valence-corrected chi connectivity index (χ3v) is 4.33. The molecule has 0 spiro atoms. The van der Waals surface area contributed by atoms with Crippen LogP contribution in [0.3, 0.4) is 0 Å². The van der Waals surface area contributed by atoms with Crippen LogP contribution in [0.1, 0.15) is 39.8 Å². The first kappa shape index (κ1) is 13.1. The van der Waals surface area contributed by atoms with Crippen LogP contribution < -0.4 is 4.74 Å². The zero-order valence-electron chi connectivity index (χ0n) is 12.5. The van der Waals surface area contributed by atoms with Gasteiger partial charge in [0.25, 0.3) is 0 Å². The van der Waals surface area contributed by atoms with E-state index in [1.807, 2.05) is 60.8 Å². The summed E-state index contributed by atoms with van der Waals surface area (Å²) in [5.41, 5.74) is 4.39. The minimum absolute atomic E-state index is 0.107. The molecular weight excluding hydrogens is 276 g/mol. The monoisotopic (exact) mass is 292 g/mol. The molecule has 0 radical (unpaired) electrons. The summed E-state index contributed by atoms with van der Waals surface area (Å²) in [5.74, 6) is 0.708. The third-order valence-electron chi connectivity index (χ3n) is 4.33. The van der Waals surface area contributed by atoms with Crippen molar-refractivity contribution in [1.82, 2.24) is 9.38 Å². The first-order chi connectivity index (χ1) is 10.6. The molecule has 0 saturated heterocycles. The Labute approximate surface area is 128 Å². The van der Waals surface area contributed by atoms with Crippen molar-refractivity contribution in [3.8, 4) is 5.75 Å². The van der Waals surface area contributed by atoms with E-state index in [2.05, 4.69) is 4.98 Å². The smallest absolute Gasteiger partial charge is 0.180 e. The molecule has 0 saturated carbocycles. The molecule has 1 aromatic carbocycles. The van der Waals surface area contributed by atoms with Crippen molar-refractivity contribution in [3.63, 3.8) is 0 Å². The molecule has 3 aromatic rings.